The standard InChI is InChI=1S/C18H20N4O3S/c1-11(2)14-8-15(25-21-14)18(23)22-6-3-4-12(9-22)16-19-20-17(24-16)13-5-7-26-10-13/h5,7-8,10-12H,3-4,6,9H2,1-2H3. The molecule has 0 saturated carbocycles. The smallest absolute Gasteiger partial charge is 0.292 e. The SMILES string of the molecule is CC(C)c1cc(C(=O)N2CCCC(c3nnc(-c4ccsc4)o3)C2)on1. The monoisotopic (exact) mass is 372 g/mol. The van der Waals surface area contributed by atoms with Crippen molar-refractivity contribution in [1.29, 1.82) is 0 Å². The zero-order valence-electron chi connectivity index (χ0n) is 14.7. The van der Waals surface area contributed by atoms with Crippen LogP contribution in [-0.4, -0.2) is 39.3 Å². The Morgan fingerprint density at radius 3 is 3.00 bits per heavy atom. The molecule has 1 aliphatic heterocycles. The van der Waals surface area contributed by atoms with Crippen molar-refractivity contribution in [3.63, 3.8) is 0 Å². The summed E-state index contributed by atoms with van der Waals surface area (Å²) < 4.78 is 11.1. The van der Waals surface area contributed by atoms with E-state index in [1.807, 2.05) is 30.7 Å². The maximum atomic E-state index is 12.7. The summed E-state index contributed by atoms with van der Waals surface area (Å²) in [5, 5.41) is 16.3. The van der Waals surface area contributed by atoms with E-state index in [9.17, 15) is 4.79 Å². The summed E-state index contributed by atoms with van der Waals surface area (Å²) in [5.41, 5.74) is 1.72. The first-order valence-electron chi connectivity index (χ1n) is 8.73. The minimum Gasteiger partial charge on any atom is -0.420 e. The second kappa shape index (κ2) is 7.03. The molecule has 1 atom stereocenters. The molecule has 0 N–H and O–H groups in total. The predicted molar refractivity (Wildman–Crippen MR) is 96.1 cm³/mol. The van der Waals surface area contributed by atoms with Crippen molar-refractivity contribution >= 4 is 17.2 Å². The summed E-state index contributed by atoms with van der Waals surface area (Å²) in [6, 6.07) is 3.69. The quantitative estimate of drug-likeness (QED) is 0.690. The number of hydrogen-bond acceptors (Lipinski definition) is 7. The zero-order chi connectivity index (χ0) is 18.1. The summed E-state index contributed by atoms with van der Waals surface area (Å²) in [5.74, 6) is 1.54. The molecule has 0 radical (unpaired) electrons. The molecule has 0 spiro atoms. The zero-order valence-corrected chi connectivity index (χ0v) is 15.5. The lowest BCUT2D eigenvalue weighted by molar-refractivity contribution is 0.0656. The van der Waals surface area contributed by atoms with Gasteiger partial charge in [-0.3, -0.25) is 4.79 Å². The summed E-state index contributed by atoms with van der Waals surface area (Å²) >= 11 is 1.59. The molecule has 3 aromatic heterocycles. The van der Waals surface area contributed by atoms with Crippen LogP contribution in [0.15, 0.2) is 31.8 Å². The molecule has 1 unspecified atom stereocenters. The second-order valence-electron chi connectivity index (χ2n) is 6.82. The summed E-state index contributed by atoms with van der Waals surface area (Å²) in [6.07, 6.45) is 1.81. The first-order valence-corrected chi connectivity index (χ1v) is 9.68. The number of aromatic nitrogens is 3. The summed E-state index contributed by atoms with van der Waals surface area (Å²) in [4.78, 5) is 14.5. The van der Waals surface area contributed by atoms with Crippen LogP contribution >= 0.6 is 11.3 Å². The number of piperidine rings is 1. The highest BCUT2D eigenvalue weighted by Gasteiger charge is 2.30. The van der Waals surface area contributed by atoms with Crippen LogP contribution in [0.25, 0.3) is 11.5 Å². The largest absolute Gasteiger partial charge is 0.420 e. The molecule has 0 aromatic carbocycles. The van der Waals surface area contributed by atoms with E-state index in [0.29, 0.717) is 30.6 Å². The van der Waals surface area contributed by atoms with Gasteiger partial charge < -0.3 is 13.8 Å². The molecule has 1 fully saturated rings. The molecule has 3 aromatic rings. The van der Waals surface area contributed by atoms with Crippen molar-refractivity contribution in [3.05, 3.63) is 40.2 Å². The lowest BCUT2D eigenvalue weighted by Crippen LogP contribution is -2.39. The molecule has 0 aliphatic carbocycles. The number of hydrogen-bond donors (Lipinski definition) is 0. The highest BCUT2D eigenvalue weighted by Crippen LogP contribution is 2.30. The van der Waals surface area contributed by atoms with Gasteiger partial charge in [-0.15, -0.1) is 10.2 Å². The van der Waals surface area contributed by atoms with Crippen molar-refractivity contribution in [2.24, 2.45) is 0 Å². The highest BCUT2D eigenvalue weighted by molar-refractivity contribution is 7.08. The van der Waals surface area contributed by atoms with E-state index in [1.165, 1.54) is 0 Å². The molecule has 8 heteroatoms. The third-order valence-electron chi connectivity index (χ3n) is 4.60. The lowest BCUT2D eigenvalue weighted by atomic mass is 9.98. The van der Waals surface area contributed by atoms with Crippen LogP contribution in [-0.2, 0) is 0 Å². The Balaban J connectivity index is 1.48. The van der Waals surface area contributed by atoms with E-state index >= 15 is 0 Å². The van der Waals surface area contributed by atoms with Gasteiger partial charge in [0.1, 0.15) is 0 Å². The number of carbonyl (C=O) groups excluding carboxylic acids is 1. The molecule has 4 heterocycles. The number of carbonyl (C=O) groups is 1. The van der Waals surface area contributed by atoms with Gasteiger partial charge in [-0.1, -0.05) is 19.0 Å². The van der Waals surface area contributed by atoms with E-state index < -0.39 is 0 Å². The van der Waals surface area contributed by atoms with E-state index in [1.54, 1.807) is 22.3 Å². The van der Waals surface area contributed by atoms with Crippen molar-refractivity contribution in [1.82, 2.24) is 20.3 Å². The molecule has 1 saturated heterocycles. The maximum Gasteiger partial charge on any atom is 0.292 e. The van der Waals surface area contributed by atoms with Crippen molar-refractivity contribution in [3.8, 4) is 11.5 Å². The Morgan fingerprint density at radius 1 is 1.38 bits per heavy atom. The van der Waals surface area contributed by atoms with Gasteiger partial charge in [0.15, 0.2) is 0 Å². The van der Waals surface area contributed by atoms with Crippen LogP contribution in [0.1, 0.15) is 60.7 Å². The Hall–Kier alpha value is -2.48. The minimum atomic E-state index is -0.133. The molecular weight excluding hydrogens is 352 g/mol. The Bertz CT molecular complexity index is 884. The Morgan fingerprint density at radius 2 is 2.27 bits per heavy atom. The summed E-state index contributed by atoms with van der Waals surface area (Å²) in [6.45, 7) is 5.27. The van der Waals surface area contributed by atoms with Gasteiger partial charge in [0, 0.05) is 30.1 Å². The van der Waals surface area contributed by atoms with Crippen LogP contribution in [0.3, 0.4) is 0 Å². The van der Waals surface area contributed by atoms with E-state index in [0.717, 1.165) is 24.1 Å². The lowest BCUT2D eigenvalue weighted by Gasteiger charge is -2.30. The fourth-order valence-corrected chi connectivity index (χ4v) is 3.71. The van der Waals surface area contributed by atoms with Gasteiger partial charge in [0.05, 0.1) is 11.6 Å². The predicted octanol–water partition coefficient (Wildman–Crippen LogP) is 3.93. The van der Waals surface area contributed by atoms with Gasteiger partial charge >= 0.3 is 0 Å². The number of rotatable bonds is 4. The Labute approximate surface area is 155 Å². The van der Waals surface area contributed by atoms with Crippen LogP contribution in [0.2, 0.25) is 0 Å². The maximum absolute atomic E-state index is 12.7. The van der Waals surface area contributed by atoms with Gasteiger partial charge in [-0.25, -0.2) is 0 Å². The molecule has 7 nitrogen and oxygen atoms in total. The van der Waals surface area contributed by atoms with Crippen LogP contribution in [0.4, 0.5) is 0 Å². The third kappa shape index (κ3) is 3.29. The number of amides is 1. The average molecular weight is 372 g/mol. The fraction of sp³-hybridized carbons (Fsp3) is 0.444. The van der Waals surface area contributed by atoms with Gasteiger partial charge in [0.2, 0.25) is 17.5 Å². The molecule has 1 aliphatic rings. The molecule has 0 bridgehead atoms. The van der Waals surface area contributed by atoms with Gasteiger partial charge in [-0.05, 0) is 30.2 Å². The molecular formula is C18H20N4O3S. The number of likely N-dealkylation sites (tertiary alicyclic amines) is 1. The van der Waals surface area contributed by atoms with Gasteiger partial charge in [0.25, 0.3) is 5.91 Å². The van der Waals surface area contributed by atoms with Crippen LogP contribution in [0.5, 0.6) is 0 Å². The molecule has 4 rings (SSSR count). The first-order chi connectivity index (χ1) is 12.6. The first kappa shape index (κ1) is 17.0. The van der Waals surface area contributed by atoms with Crippen LogP contribution in [0, 0.1) is 0 Å². The Kier molecular flexibility index (Phi) is 4.58. The molecule has 26 heavy (non-hydrogen) atoms. The minimum absolute atomic E-state index is 0.0417. The second-order valence-corrected chi connectivity index (χ2v) is 7.60. The van der Waals surface area contributed by atoms with Crippen molar-refractivity contribution in [2.75, 3.05) is 13.1 Å². The number of nitrogens with zero attached hydrogens (tertiary/aromatic N) is 4. The number of thiophene rings is 1. The molecule has 136 valence electrons. The summed E-state index contributed by atoms with van der Waals surface area (Å²) in [7, 11) is 0. The van der Waals surface area contributed by atoms with Crippen molar-refractivity contribution in [2.45, 2.75) is 38.5 Å². The van der Waals surface area contributed by atoms with Crippen LogP contribution < -0.4 is 0 Å². The van der Waals surface area contributed by atoms with Gasteiger partial charge in [-0.2, -0.15) is 11.3 Å². The topological polar surface area (TPSA) is 85.3 Å². The molecule has 1 amide bonds. The normalized spacial score (nSPS) is 17.8. The fourth-order valence-electron chi connectivity index (χ4n) is 3.08. The highest BCUT2D eigenvalue weighted by atomic mass is 32.1. The average Bonchev–Trinajstić information content (AvgIpc) is 3.42. The van der Waals surface area contributed by atoms with E-state index in [4.69, 9.17) is 8.94 Å². The van der Waals surface area contributed by atoms with E-state index in [2.05, 4.69) is 15.4 Å². The third-order valence-corrected chi connectivity index (χ3v) is 5.28. The van der Waals surface area contributed by atoms with E-state index in [-0.39, 0.29) is 17.7 Å². The van der Waals surface area contributed by atoms with Crippen molar-refractivity contribution < 1.29 is 13.7 Å².